The molecule has 384 valence electrons. The third kappa shape index (κ3) is 10.9. The largest absolute Gasteiger partial charge is 0.507 e. The van der Waals surface area contributed by atoms with Crippen LogP contribution in [0.5, 0.6) is 17.2 Å². The van der Waals surface area contributed by atoms with Crippen molar-refractivity contribution in [2.24, 2.45) is 39.6 Å². The molecule has 5 N–H and O–H groups in total. The quantitative estimate of drug-likeness (QED) is 0.0556. The van der Waals surface area contributed by atoms with Crippen LogP contribution in [0.15, 0.2) is 46.1 Å². The van der Waals surface area contributed by atoms with E-state index in [1.165, 1.54) is 40.2 Å². The molecule has 0 radical (unpaired) electrons. The van der Waals surface area contributed by atoms with Gasteiger partial charge in [0.05, 0.1) is 40.9 Å². The van der Waals surface area contributed by atoms with Gasteiger partial charge in [0.15, 0.2) is 17.3 Å². The zero-order valence-corrected chi connectivity index (χ0v) is 44.4. The number of ether oxygens (including phenoxy) is 5. The van der Waals surface area contributed by atoms with E-state index in [2.05, 4.69) is 39.7 Å². The maximum atomic E-state index is 14.9. The van der Waals surface area contributed by atoms with Gasteiger partial charge in [-0.3, -0.25) is 34.1 Å². The minimum atomic E-state index is -2.03. The summed E-state index contributed by atoms with van der Waals surface area (Å²) in [5.41, 5.74) is -0.732. The number of nitrogens with zero attached hydrogens (tertiary/aromatic N) is 4. The Bertz CT molecular complexity index is 2570. The number of esters is 2. The summed E-state index contributed by atoms with van der Waals surface area (Å²) in [5, 5.41) is 50.8. The number of ketones is 1. The number of phenolic OH excluding ortho intramolecular Hbond substituents is 2. The lowest BCUT2D eigenvalue weighted by Gasteiger charge is -2.38. The Balaban J connectivity index is 1.48. The molecule has 7 rings (SSSR count). The SMILES string of the molecule is CCN(C)COC(=O)C(C)C(=O)O[C@H]1[C@H](C)[C@H](O)[C@H](C)[C@@H](O)[C@@H](C)/C=C/C=C(/C)C(=O)Nc2c(O)c3c(O)c(C)c4c(c3c3c2=NC2(CCN(CC(C)I)CC2)N=3)C(=O)[C@@](C)(O/C=C/[C@H](OC)[C@H]1C)O4. The van der Waals surface area contributed by atoms with Gasteiger partial charge in [0, 0.05) is 90.6 Å². The summed E-state index contributed by atoms with van der Waals surface area (Å²) in [7, 11) is 3.18. The predicted octanol–water partition coefficient (Wildman–Crippen LogP) is 4.99. The molecule has 0 aliphatic carbocycles. The zero-order chi connectivity index (χ0) is 51.7. The number of benzene rings is 2. The molecular weight excluding hydrogens is 1020 g/mol. The fourth-order valence-corrected chi connectivity index (χ4v) is 10.1. The smallest absolute Gasteiger partial charge is 0.321 e. The number of fused-ring (bicyclic) bond motifs is 13. The van der Waals surface area contributed by atoms with Gasteiger partial charge in [0.25, 0.3) is 11.7 Å². The normalized spacial score (nSPS) is 30.8. The molecule has 1 spiro atoms. The Kier molecular flexibility index (Phi) is 17.2. The summed E-state index contributed by atoms with van der Waals surface area (Å²) in [4.78, 5) is 70.1. The van der Waals surface area contributed by atoms with Crippen molar-refractivity contribution < 1.29 is 63.3 Å². The predicted molar refractivity (Wildman–Crippen MR) is 269 cm³/mol. The molecule has 1 saturated heterocycles. The molecule has 70 heavy (non-hydrogen) atoms. The van der Waals surface area contributed by atoms with E-state index >= 15 is 0 Å². The van der Waals surface area contributed by atoms with Crippen LogP contribution in [0.2, 0.25) is 0 Å². The van der Waals surface area contributed by atoms with Crippen LogP contribution in [-0.2, 0) is 33.3 Å². The Morgan fingerprint density at radius 1 is 0.971 bits per heavy atom. The number of piperidine rings is 1. The molecule has 5 heterocycles. The summed E-state index contributed by atoms with van der Waals surface area (Å²) >= 11 is 2.39. The van der Waals surface area contributed by atoms with Crippen LogP contribution in [-0.4, -0.2) is 141 Å². The molecule has 19 heteroatoms. The minimum Gasteiger partial charge on any atom is -0.507 e. The Labute approximate surface area is 422 Å². The van der Waals surface area contributed by atoms with Crippen LogP contribution in [0, 0.1) is 36.5 Å². The van der Waals surface area contributed by atoms with E-state index in [1.54, 1.807) is 64.8 Å². The maximum Gasteiger partial charge on any atom is 0.321 e. The monoisotopic (exact) mass is 1090 g/mol. The van der Waals surface area contributed by atoms with E-state index in [-0.39, 0.29) is 56.4 Å². The summed E-state index contributed by atoms with van der Waals surface area (Å²) in [6.45, 7) is 19.5. The van der Waals surface area contributed by atoms with Crippen molar-refractivity contribution in [3.05, 3.63) is 58.0 Å². The number of halogens is 1. The third-order valence-corrected chi connectivity index (χ3v) is 14.8. The van der Waals surface area contributed by atoms with Crippen LogP contribution in [0.3, 0.4) is 0 Å². The number of aliphatic hydroxyl groups excluding tert-OH is 2. The molecule has 2 unspecified atom stereocenters. The van der Waals surface area contributed by atoms with Crippen molar-refractivity contribution in [2.45, 2.75) is 122 Å². The second-order valence-electron chi connectivity index (χ2n) is 19.7. The number of amides is 1. The topological polar surface area (TPSA) is 239 Å². The van der Waals surface area contributed by atoms with Crippen molar-refractivity contribution in [1.29, 1.82) is 0 Å². The van der Waals surface area contributed by atoms with Crippen molar-refractivity contribution >= 4 is 62.7 Å². The number of Topliss-reactive ketones (excluding diaryl/α,β-unsaturated/α-hetero) is 1. The molecule has 5 bridgehead atoms. The molecule has 5 aliphatic rings. The highest BCUT2D eigenvalue weighted by atomic mass is 127. The van der Waals surface area contributed by atoms with E-state index in [4.69, 9.17) is 33.7 Å². The Hall–Kier alpha value is -4.67. The first-order valence-electron chi connectivity index (χ1n) is 24.0. The number of allylic oxidation sites excluding steroid dienone is 2. The molecule has 5 aliphatic heterocycles. The number of phenols is 2. The molecule has 0 aromatic heterocycles. The fraction of sp³-hybridized carbons (Fsp3) is 0.608. The standard InChI is InChI=1S/C51H70IN5O13/c1-13-56(11)24-67-48(64)32(9)49(65)69-44-28(5)33(66-12)17-22-68-50(10)46(62)36-34-35(42(60)31(8)45(36)70-50)43(61)39(38-37(34)54-51(55-38)18-20-57(21-19-51)23-27(4)52)53-47(63)26(3)16-14-15-25(2)40(58)29(6)41(59)30(44)7/h14-17,22,25,27-30,32-33,40-41,44,58-61H,13,18-21,23-24H2,1-12H3,(H,53,63)/b15-14+,22-17+,26-16-/t25-,27?,28+,29+,30+,32?,33-,40-,41+,44+,50-/m0/s1. The van der Waals surface area contributed by atoms with Crippen molar-refractivity contribution in [3.63, 3.8) is 0 Å². The van der Waals surface area contributed by atoms with E-state index in [0.717, 1.165) is 6.54 Å². The number of hydrogen-bond acceptors (Lipinski definition) is 17. The lowest BCUT2D eigenvalue weighted by Crippen LogP contribution is -2.47. The van der Waals surface area contributed by atoms with Gasteiger partial charge in [-0.15, -0.1) is 0 Å². The second kappa shape index (κ2) is 22.0. The average molecular weight is 1090 g/mol. The Morgan fingerprint density at radius 2 is 1.63 bits per heavy atom. The van der Waals surface area contributed by atoms with Gasteiger partial charge < -0.3 is 54.3 Å². The number of carbonyl (C=O) groups is 4. The minimum absolute atomic E-state index is 0.000620. The number of aromatic hydroxyl groups is 2. The number of methoxy groups -OCH3 is 1. The first kappa shape index (κ1) is 54.7. The number of rotatable bonds is 9. The molecule has 0 saturated carbocycles. The number of nitrogens with one attached hydrogen (secondary N) is 1. The third-order valence-electron chi connectivity index (χ3n) is 14.4. The summed E-state index contributed by atoms with van der Waals surface area (Å²) in [5.74, 6) is -10.2. The highest BCUT2D eigenvalue weighted by Crippen LogP contribution is 2.50. The van der Waals surface area contributed by atoms with Crippen molar-refractivity contribution in [1.82, 2.24) is 9.80 Å². The van der Waals surface area contributed by atoms with Crippen LogP contribution < -0.4 is 20.8 Å². The Morgan fingerprint density at radius 3 is 2.26 bits per heavy atom. The number of hydrogen-bond donors (Lipinski definition) is 5. The van der Waals surface area contributed by atoms with Crippen LogP contribution in [0.1, 0.15) is 91.1 Å². The van der Waals surface area contributed by atoms with Crippen LogP contribution in [0.25, 0.3) is 10.8 Å². The molecule has 2 aromatic carbocycles. The summed E-state index contributed by atoms with van der Waals surface area (Å²) in [6.07, 6.45) is 4.17. The number of likely N-dealkylation sites (tertiary alicyclic amines) is 1. The van der Waals surface area contributed by atoms with E-state index in [9.17, 15) is 39.6 Å². The van der Waals surface area contributed by atoms with Crippen LogP contribution >= 0.6 is 22.6 Å². The number of carbonyl (C=O) groups excluding carboxylic acids is 4. The number of aliphatic hydroxyl groups is 2. The molecule has 1 fully saturated rings. The van der Waals surface area contributed by atoms with Gasteiger partial charge in [-0.1, -0.05) is 82.4 Å². The molecule has 2 aromatic rings. The van der Waals surface area contributed by atoms with E-state index < -0.39 is 101 Å². The van der Waals surface area contributed by atoms with Crippen molar-refractivity contribution in [2.75, 3.05) is 52.4 Å². The lowest BCUT2D eigenvalue weighted by molar-refractivity contribution is -0.175. The first-order valence-corrected chi connectivity index (χ1v) is 25.2. The van der Waals surface area contributed by atoms with Gasteiger partial charge in [0.2, 0.25) is 0 Å². The van der Waals surface area contributed by atoms with Gasteiger partial charge in [-0.2, -0.15) is 0 Å². The van der Waals surface area contributed by atoms with Gasteiger partial charge in [-0.25, -0.2) is 0 Å². The average Bonchev–Trinajstić information content (AvgIpc) is 3.83. The summed E-state index contributed by atoms with van der Waals surface area (Å²) in [6, 6.07) is 0. The van der Waals surface area contributed by atoms with Gasteiger partial charge >= 0.3 is 17.7 Å². The molecule has 18 nitrogen and oxygen atoms in total. The van der Waals surface area contributed by atoms with Gasteiger partial charge in [0.1, 0.15) is 35.4 Å². The van der Waals surface area contributed by atoms with E-state index in [1.807, 2.05) is 6.92 Å². The highest BCUT2D eigenvalue weighted by Gasteiger charge is 2.50. The lowest BCUT2D eigenvalue weighted by atomic mass is 9.78. The second-order valence-corrected chi connectivity index (χ2v) is 21.8. The summed E-state index contributed by atoms with van der Waals surface area (Å²) < 4.78 is 30.2. The number of anilines is 1. The zero-order valence-electron chi connectivity index (χ0n) is 42.2. The molecule has 1 amide bonds. The van der Waals surface area contributed by atoms with Gasteiger partial charge in [-0.05, 0) is 40.4 Å². The van der Waals surface area contributed by atoms with Crippen molar-refractivity contribution in [3.8, 4) is 17.2 Å². The number of alkyl halides is 1. The van der Waals surface area contributed by atoms with E-state index in [0.29, 0.717) is 36.4 Å². The molecular formula is C51H70IN5O13. The maximum absolute atomic E-state index is 14.9. The fourth-order valence-electron chi connectivity index (χ4n) is 9.57. The van der Waals surface area contributed by atoms with Crippen LogP contribution in [0.4, 0.5) is 5.69 Å². The molecule has 11 atom stereocenters. The first-order chi connectivity index (χ1) is 32.9. The highest BCUT2D eigenvalue weighted by molar-refractivity contribution is 14.1.